The van der Waals surface area contributed by atoms with Crippen molar-refractivity contribution in [1.29, 1.82) is 0 Å². The van der Waals surface area contributed by atoms with E-state index in [4.69, 9.17) is 14.2 Å². The molecule has 0 bridgehead atoms. The SMILES string of the molecule is COc1cc(O)c2c(c1C=C1Oc3cc(O)ccc3C1=O)C=CC(C)(CCC=C(C)C)O2. The lowest BCUT2D eigenvalue weighted by Gasteiger charge is -2.32. The number of rotatable bonds is 5. The molecular weight excluding hydrogens is 408 g/mol. The van der Waals surface area contributed by atoms with Gasteiger partial charge in [-0.15, -0.1) is 0 Å². The van der Waals surface area contributed by atoms with Crippen LogP contribution < -0.4 is 14.2 Å². The van der Waals surface area contributed by atoms with Gasteiger partial charge in [0.2, 0.25) is 5.78 Å². The van der Waals surface area contributed by atoms with Gasteiger partial charge >= 0.3 is 0 Å². The molecular formula is C26H26O6. The molecule has 2 aliphatic heterocycles. The summed E-state index contributed by atoms with van der Waals surface area (Å²) >= 11 is 0. The summed E-state index contributed by atoms with van der Waals surface area (Å²) in [5.41, 5.74) is 2.20. The van der Waals surface area contributed by atoms with Crippen LogP contribution in [0.1, 0.15) is 55.1 Å². The summed E-state index contributed by atoms with van der Waals surface area (Å²) in [7, 11) is 1.49. The first-order valence-electron chi connectivity index (χ1n) is 10.4. The Labute approximate surface area is 187 Å². The standard InChI is InChI=1S/C26H26O6/c1-15(2)6-5-10-26(3)11-9-17-19(21(30-4)14-20(28)25(17)32-26)13-23-24(29)18-8-7-16(27)12-22(18)31-23/h6-9,11-14,27-28H,5,10H2,1-4H3. The number of ketones is 1. The highest BCUT2D eigenvalue weighted by Gasteiger charge is 2.33. The minimum absolute atomic E-state index is 0.0149. The lowest BCUT2D eigenvalue weighted by atomic mass is 9.92. The molecule has 1 atom stereocenters. The van der Waals surface area contributed by atoms with E-state index >= 15 is 0 Å². The second-order valence-electron chi connectivity index (χ2n) is 8.44. The zero-order valence-electron chi connectivity index (χ0n) is 18.6. The molecule has 2 aromatic rings. The number of aromatic hydroxyl groups is 2. The topological polar surface area (TPSA) is 85.2 Å². The van der Waals surface area contributed by atoms with Gasteiger partial charge in [-0.3, -0.25) is 4.79 Å². The van der Waals surface area contributed by atoms with E-state index in [0.717, 1.165) is 12.8 Å². The first-order valence-corrected chi connectivity index (χ1v) is 10.4. The molecule has 0 saturated heterocycles. The summed E-state index contributed by atoms with van der Waals surface area (Å²) in [6, 6.07) is 5.84. The smallest absolute Gasteiger partial charge is 0.231 e. The number of ether oxygens (including phenoxy) is 3. The second-order valence-corrected chi connectivity index (χ2v) is 8.44. The van der Waals surface area contributed by atoms with Crippen molar-refractivity contribution in [3.8, 4) is 28.7 Å². The second kappa shape index (κ2) is 8.11. The van der Waals surface area contributed by atoms with Crippen LogP contribution in [-0.4, -0.2) is 28.7 Å². The number of phenols is 2. The fourth-order valence-corrected chi connectivity index (χ4v) is 3.87. The molecule has 0 radical (unpaired) electrons. The largest absolute Gasteiger partial charge is 0.508 e. The summed E-state index contributed by atoms with van der Waals surface area (Å²) in [4.78, 5) is 12.8. The molecule has 4 rings (SSSR count). The maximum atomic E-state index is 12.8. The van der Waals surface area contributed by atoms with E-state index in [-0.39, 0.29) is 23.0 Å². The highest BCUT2D eigenvalue weighted by Crippen LogP contribution is 2.46. The Morgan fingerprint density at radius 3 is 2.72 bits per heavy atom. The number of methoxy groups -OCH3 is 1. The normalized spacial score (nSPS) is 19.8. The molecule has 2 heterocycles. The molecule has 2 aliphatic rings. The van der Waals surface area contributed by atoms with Crippen LogP contribution in [-0.2, 0) is 0 Å². The molecule has 2 N–H and O–H groups in total. The van der Waals surface area contributed by atoms with Gasteiger partial charge in [0.1, 0.15) is 22.8 Å². The van der Waals surface area contributed by atoms with E-state index in [1.165, 1.54) is 36.9 Å². The summed E-state index contributed by atoms with van der Waals surface area (Å²) in [5.74, 6) is 0.792. The molecule has 0 saturated carbocycles. The van der Waals surface area contributed by atoms with Crippen LogP contribution in [0.15, 0.2) is 47.7 Å². The van der Waals surface area contributed by atoms with Crippen molar-refractivity contribution in [2.24, 2.45) is 0 Å². The van der Waals surface area contributed by atoms with E-state index < -0.39 is 5.60 Å². The third kappa shape index (κ3) is 3.96. The van der Waals surface area contributed by atoms with E-state index in [9.17, 15) is 15.0 Å². The number of benzene rings is 2. The maximum Gasteiger partial charge on any atom is 0.231 e. The van der Waals surface area contributed by atoms with E-state index in [2.05, 4.69) is 19.9 Å². The Morgan fingerprint density at radius 1 is 1.22 bits per heavy atom. The molecule has 0 amide bonds. The van der Waals surface area contributed by atoms with Gasteiger partial charge in [-0.05, 0) is 57.9 Å². The molecule has 1 unspecified atom stereocenters. The van der Waals surface area contributed by atoms with Crippen molar-refractivity contribution >= 4 is 17.9 Å². The van der Waals surface area contributed by atoms with Crippen molar-refractivity contribution in [3.05, 3.63) is 64.4 Å². The fourth-order valence-electron chi connectivity index (χ4n) is 3.87. The number of fused-ring (bicyclic) bond motifs is 2. The van der Waals surface area contributed by atoms with E-state index in [1.807, 2.05) is 19.1 Å². The monoisotopic (exact) mass is 434 g/mol. The molecule has 32 heavy (non-hydrogen) atoms. The molecule has 0 aromatic heterocycles. The molecule has 0 spiro atoms. The number of Topliss-reactive ketones (excluding diaryl/α,β-unsaturated/α-hetero) is 1. The van der Waals surface area contributed by atoms with Crippen LogP contribution in [0.25, 0.3) is 12.2 Å². The Morgan fingerprint density at radius 2 is 2.00 bits per heavy atom. The van der Waals surface area contributed by atoms with Crippen molar-refractivity contribution in [3.63, 3.8) is 0 Å². The molecule has 6 nitrogen and oxygen atoms in total. The van der Waals surface area contributed by atoms with Gasteiger partial charge < -0.3 is 24.4 Å². The lowest BCUT2D eigenvalue weighted by molar-refractivity contribution is 0.101. The van der Waals surface area contributed by atoms with Crippen LogP contribution in [0.4, 0.5) is 0 Å². The molecule has 6 heteroatoms. The Kier molecular flexibility index (Phi) is 5.46. The zero-order valence-corrected chi connectivity index (χ0v) is 18.6. The van der Waals surface area contributed by atoms with Crippen LogP contribution in [0.2, 0.25) is 0 Å². The van der Waals surface area contributed by atoms with Crippen molar-refractivity contribution in [1.82, 2.24) is 0 Å². The van der Waals surface area contributed by atoms with Crippen LogP contribution in [0.5, 0.6) is 28.7 Å². The number of carbonyl (C=O) groups is 1. The van der Waals surface area contributed by atoms with Gasteiger partial charge in [-0.1, -0.05) is 17.7 Å². The Hall–Kier alpha value is -3.67. The highest BCUT2D eigenvalue weighted by atomic mass is 16.5. The Balaban J connectivity index is 1.74. The van der Waals surface area contributed by atoms with Gasteiger partial charge in [0.15, 0.2) is 17.3 Å². The number of allylic oxidation sites excluding steroid dienone is 3. The third-order valence-electron chi connectivity index (χ3n) is 5.58. The molecule has 0 fully saturated rings. The average molecular weight is 434 g/mol. The molecule has 2 aromatic carbocycles. The van der Waals surface area contributed by atoms with Crippen molar-refractivity contribution in [2.45, 2.75) is 39.2 Å². The molecule has 166 valence electrons. The number of hydrogen-bond acceptors (Lipinski definition) is 6. The molecule has 0 aliphatic carbocycles. The Bertz CT molecular complexity index is 1180. The van der Waals surface area contributed by atoms with Crippen molar-refractivity contribution in [2.75, 3.05) is 7.11 Å². The van der Waals surface area contributed by atoms with Gasteiger partial charge in [-0.2, -0.15) is 0 Å². The maximum absolute atomic E-state index is 12.8. The summed E-state index contributed by atoms with van der Waals surface area (Å²) < 4.78 is 17.4. The average Bonchev–Trinajstić information content (AvgIpc) is 3.04. The predicted octanol–water partition coefficient (Wildman–Crippen LogP) is 5.63. The van der Waals surface area contributed by atoms with Crippen molar-refractivity contribution < 1.29 is 29.2 Å². The van der Waals surface area contributed by atoms with E-state index in [1.54, 1.807) is 6.08 Å². The first kappa shape index (κ1) is 21.6. The summed E-state index contributed by atoms with van der Waals surface area (Å²) in [6.45, 7) is 6.08. The van der Waals surface area contributed by atoms with Gasteiger partial charge in [0.05, 0.1) is 12.7 Å². The lowest BCUT2D eigenvalue weighted by Crippen LogP contribution is -2.32. The minimum atomic E-state index is -0.580. The highest BCUT2D eigenvalue weighted by molar-refractivity contribution is 6.15. The van der Waals surface area contributed by atoms with E-state index in [0.29, 0.717) is 33.9 Å². The van der Waals surface area contributed by atoms with Gasteiger partial charge in [0.25, 0.3) is 0 Å². The first-order chi connectivity index (χ1) is 15.2. The minimum Gasteiger partial charge on any atom is -0.508 e. The number of carbonyl (C=O) groups excluding carboxylic acids is 1. The van der Waals surface area contributed by atoms with Gasteiger partial charge in [0, 0.05) is 23.3 Å². The van der Waals surface area contributed by atoms with Crippen LogP contribution >= 0.6 is 0 Å². The number of hydrogen-bond donors (Lipinski definition) is 2. The summed E-state index contributed by atoms with van der Waals surface area (Å²) in [6.07, 6.45) is 9.17. The number of phenolic OH excluding ortho intramolecular Hbond substituents is 2. The summed E-state index contributed by atoms with van der Waals surface area (Å²) in [5, 5.41) is 20.3. The zero-order chi connectivity index (χ0) is 23.0. The third-order valence-corrected chi connectivity index (χ3v) is 5.58. The predicted molar refractivity (Wildman–Crippen MR) is 122 cm³/mol. The van der Waals surface area contributed by atoms with Gasteiger partial charge in [-0.25, -0.2) is 0 Å². The van der Waals surface area contributed by atoms with Crippen LogP contribution in [0, 0.1) is 0 Å². The quantitative estimate of drug-likeness (QED) is 0.468. The fraction of sp³-hybridized carbons (Fsp3) is 0.269. The van der Waals surface area contributed by atoms with Crippen LogP contribution in [0.3, 0.4) is 0 Å².